The number of rotatable bonds is 8. The molecule has 4 rings (SSSR count). The molecule has 0 aromatic heterocycles. The van der Waals surface area contributed by atoms with Gasteiger partial charge in [0.05, 0.1) is 18.2 Å². The molecule has 0 saturated carbocycles. The van der Waals surface area contributed by atoms with E-state index in [1.54, 1.807) is 24.3 Å². The van der Waals surface area contributed by atoms with E-state index >= 15 is 0 Å². The summed E-state index contributed by atoms with van der Waals surface area (Å²) in [7, 11) is 0. The summed E-state index contributed by atoms with van der Waals surface area (Å²) in [5.41, 5.74) is 3.65. The first kappa shape index (κ1) is 25.2. The van der Waals surface area contributed by atoms with E-state index in [4.69, 9.17) is 4.74 Å². The second kappa shape index (κ2) is 10.4. The van der Waals surface area contributed by atoms with Crippen LogP contribution in [0.5, 0.6) is 5.75 Å². The number of anilines is 1. The monoisotopic (exact) mass is 483 g/mol. The molecule has 0 radical (unpaired) electrons. The Kier molecular flexibility index (Phi) is 7.30. The molecule has 0 fully saturated rings. The Labute approximate surface area is 213 Å². The third kappa shape index (κ3) is 5.20. The summed E-state index contributed by atoms with van der Waals surface area (Å²) in [6, 6.07) is 24.1. The van der Waals surface area contributed by atoms with E-state index in [0.717, 1.165) is 16.7 Å². The molecule has 1 unspecified atom stereocenters. The molecule has 1 aliphatic heterocycles. The summed E-state index contributed by atoms with van der Waals surface area (Å²) in [5.74, 6) is -0.600. The fourth-order valence-electron chi connectivity index (χ4n) is 4.54. The minimum atomic E-state index is -0.715. The van der Waals surface area contributed by atoms with E-state index in [9.17, 15) is 14.7 Å². The highest BCUT2D eigenvalue weighted by molar-refractivity contribution is 6.16. The van der Waals surface area contributed by atoms with Crippen molar-refractivity contribution in [3.8, 4) is 5.75 Å². The van der Waals surface area contributed by atoms with Crippen LogP contribution >= 0.6 is 0 Å². The lowest BCUT2D eigenvalue weighted by molar-refractivity contribution is -0.118. The van der Waals surface area contributed by atoms with Crippen LogP contribution in [0.15, 0.2) is 90.2 Å². The Balaban J connectivity index is 1.72. The Morgan fingerprint density at radius 1 is 0.944 bits per heavy atom. The fraction of sp³-hybridized carbons (Fsp3) is 0.290. The van der Waals surface area contributed by atoms with Crippen molar-refractivity contribution in [1.82, 2.24) is 0 Å². The van der Waals surface area contributed by atoms with Crippen LogP contribution in [-0.4, -0.2) is 23.4 Å². The van der Waals surface area contributed by atoms with Crippen molar-refractivity contribution >= 4 is 17.4 Å². The highest BCUT2D eigenvalue weighted by Gasteiger charge is 2.44. The van der Waals surface area contributed by atoms with Crippen LogP contribution in [0.25, 0.3) is 0 Å². The molecule has 0 bridgehead atoms. The number of aryl methyl sites for hydroxylation is 1. The summed E-state index contributed by atoms with van der Waals surface area (Å²) in [6.07, 6.45) is 0.730. The van der Waals surface area contributed by atoms with Crippen LogP contribution in [0.2, 0.25) is 0 Å². The van der Waals surface area contributed by atoms with Crippen LogP contribution in [0.3, 0.4) is 0 Å². The number of nitrogens with zero attached hydrogens (tertiary/aromatic N) is 1. The van der Waals surface area contributed by atoms with E-state index < -0.39 is 17.7 Å². The second-order valence-electron chi connectivity index (χ2n) is 10.0. The van der Waals surface area contributed by atoms with Crippen molar-refractivity contribution in [3.63, 3.8) is 0 Å². The quantitative estimate of drug-likeness (QED) is 0.398. The SMILES string of the molecule is CCOc1ccc(N2C(=O)C(O)=C(C(=O)CCc3ccccc3)C2c2ccc(C(C)(C)C)cc2)cc1. The lowest BCUT2D eigenvalue weighted by Crippen LogP contribution is -2.31. The van der Waals surface area contributed by atoms with Crippen LogP contribution in [-0.2, 0) is 21.4 Å². The van der Waals surface area contributed by atoms with Gasteiger partial charge in [-0.15, -0.1) is 0 Å². The highest BCUT2D eigenvalue weighted by atomic mass is 16.5. The standard InChI is InChI=1S/C31H33NO4/c1-5-36-25-18-16-24(17-19-25)32-28(22-12-14-23(15-13-22)31(2,3)4)27(29(34)30(32)35)26(33)20-11-21-9-7-6-8-10-21/h6-10,12-19,28,34H,5,11,20H2,1-4H3. The number of Topliss-reactive ketones (excluding diaryl/α,β-unsaturated/α-hetero) is 1. The smallest absolute Gasteiger partial charge is 0.294 e. The zero-order chi connectivity index (χ0) is 25.9. The molecule has 3 aromatic rings. The Morgan fingerprint density at radius 3 is 2.17 bits per heavy atom. The number of amides is 1. The van der Waals surface area contributed by atoms with E-state index in [-0.39, 0.29) is 23.2 Å². The number of ether oxygens (including phenoxy) is 1. The molecular formula is C31H33NO4. The van der Waals surface area contributed by atoms with Crippen LogP contribution < -0.4 is 9.64 Å². The van der Waals surface area contributed by atoms with Gasteiger partial charge < -0.3 is 9.84 Å². The van der Waals surface area contributed by atoms with E-state index in [0.29, 0.717) is 24.5 Å². The van der Waals surface area contributed by atoms with E-state index in [1.807, 2.05) is 61.5 Å². The molecule has 1 heterocycles. The maximum atomic E-state index is 13.5. The van der Waals surface area contributed by atoms with Gasteiger partial charge in [-0.25, -0.2) is 0 Å². The molecule has 5 heteroatoms. The molecular weight excluding hydrogens is 450 g/mol. The molecule has 36 heavy (non-hydrogen) atoms. The molecule has 1 N–H and O–H groups in total. The predicted molar refractivity (Wildman–Crippen MR) is 142 cm³/mol. The number of benzene rings is 3. The molecule has 3 aromatic carbocycles. The van der Waals surface area contributed by atoms with Crippen molar-refractivity contribution in [3.05, 3.63) is 107 Å². The number of ketones is 1. The van der Waals surface area contributed by atoms with E-state index in [1.165, 1.54) is 4.90 Å². The Morgan fingerprint density at radius 2 is 1.58 bits per heavy atom. The average Bonchev–Trinajstić information content (AvgIpc) is 3.14. The van der Waals surface area contributed by atoms with E-state index in [2.05, 4.69) is 20.8 Å². The number of carbonyl (C=O) groups excluding carboxylic acids is 2. The van der Waals surface area contributed by atoms with Gasteiger partial charge in [-0.2, -0.15) is 0 Å². The number of aliphatic hydroxyl groups excluding tert-OH is 1. The first-order valence-electron chi connectivity index (χ1n) is 12.4. The summed E-state index contributed by atoms with van der Waals surface area (Å²) < 4.78 is 5.54. The number of aliphatic hydroxyl groups is 1. The largest absolute Gasteiger partial charge is 0.503 e. The van der Waals surface area contributed by atoms with Gasteiger partial charge in [-0.3, -0.25) is 14.5 Å². The Bertz CT molecular complexity index is 1250. The zero-order valence-electron chi connectivity index (χ0n) is 21.3. The summed E-state index contributed by atoms with van der Waals surface area (Å²) >= 11 is 0. The molecule has 0 spiro atoms. The highest BCUT2D eigenvalue weighted by Crippen LogP contribution is 2.42. The summed E-state index contributed by atoms with van der Waals surface area (Å²) in [5, 5.41) is 11.0. The first-order valence-corrected chi connectivity index (χ1v) is 12.4. The fourth-order valence-corrected chi connectivity index (χ4v) is 4.54. The molecule has 1 aliphatic rings. The molecule has 5 nitrogen and oxygen atoms in total. The third-order valence-corrected chi connectivity index (χ3v) is 6.51. The van der Waals surface area contributed by atoms with Gasteiger partial charge in [-0.05, 0) is 59.7 Å². The second-order valence-corrected chi connectivity index (χ2v) is 10.0. The number of hydrogen-bond acceptors (Lipinski definition) is 4. The number of hydrogen-bond donors (Lipinski definition) is 1. The van der Waals surface area contributed by atoms with Crippen molar-refractivity contribution in [2.75, 3.05) is 11.5 Å². The normalized spacial score (nSPS) is 15.9. The van der Waals surface area contributed by atoms with Gasteiger partial charge in [0.25, 0.3) is 5.91 Å². The van der Waals surface area contributed by atoms with Gasteiger partial charge in [0, 0.05) is 12.1 Å². The number of carbonyl (C=O) groups is 2. The van der Waals surface area contributed by atoms with Gasteiger partial charge in [0.15, 0.2) is 11.5 Å². The topological polar surface area (TPSA) is 66.8 Å². The lowest BCUT2D eigenvalue weighted by Gasteiger charge is -2.28. The van der Waals surface area contributed by atoms with Gasteiger partial charge in [0.1, 0.15) is 5.75 Å². The summed E-state index contributed by atoms with van der Waals surface area (Å²) in [4.78, 5) is 28.3. The molecule has 186 valence electrons. The first-order chi connectivity index (χ1) is 17.2. The molecule has 1 amide bonds. The minimum absolute atomic E-state index is 0.0366. The van der Waals surface area contributed by atoms with Crippen molar-refractivity contribution < 1.29 is 19.4 Å². The van der Waals surface area contributed by atoms with Crippen LogP contribution in [0.4, 0.5) is 5.69 Å². The molecule has 0 saturated heterocycles. The third-order valence-electron chi connectivity index (χ3n) is 6.51. The Hall–Kier alpha value is -3.86. The van der Waals surface area contributed by atoms with Crippen molar-refractivity contribution in [2.24, 2.45) is 0 Å². The average molecular weight is 484 g/mol. The van der Waals surface area contributed by atoms with Crippen LogP contribution in [0.1, 0.15) is 56.8 Å². The maximum absolute atomic E-state index is 13.5. The summed E-state index contributed by atoms with van der Waals surface area (Å²) in [6.45, 7) is 8.85. The van der Waals surface area contributed by atoms with Crippen molar-refractivity contribution in [1.29, 1.82) is 0 Å². The molecule has 0 aliphatic carbocycles. The van der Waals surface area contributed by atoms with Gasteiger partial charge in [0.2, 0.25) is 0 Å². The van der Waals surface area contributed by atoms with Crippen molar-refractivity contribution in [2.45, 2.75) is 52.0 Å². The predicted octanol–water partition coefficient (Wildman–Crippen LogP) is 6.48. The van der Waals surface area contributed by atoms with Gasteiger partial charge in [-0.1, -0.05) is 75.4 Å². The van der Waals surface area contributed by atoms with Crippen LogP contribution in [0, 0.1) is 0 Å². The molecule has 1 atom stereocenters. The maximum Gasteiger partial charge on any atom is 0.294 e. The van der Waals surface area contributed by atoms with Gasteiger partial charge >= 0.3 is 0 Å². The zero-order valence-corrected chi connectivity index (χ0v) is 21.3. The minimum Gasteiger partial charge on any atom is -0.503 e. The lowest BCUT2D eigenvalue weighted by atomic mass is 9.85.